The van der Waals surface area contributed by atoms with Gasteiger partial charge in [0.25, 0.3) is 0 Å². The van der Waals surface area contributed by atoms with Crippen molar-refractivity contribution in [2.45, 2.75) is 39.0 Å². The molecule has 2 aliphatic rings. The van der Waals surface area contributed by atoms with Gasteiger partial charge in [-0.25, -0.2) is 4.79 Å². The number of carboxylic acids is 1. The number of piperidine rings is 1. The van der Waals surface area contributed by atoms with Crippen LogP contribution in [-0.2, 0) is 14.3 Å². The lowest BCUT2D eigenvalue weighted by molar-refractivity contribution is -0.153. The van der Waals surface area contributed by atoms with E-state index in [2.05, 4.69) is 29.6 Å². The molecule has 1 fully saturated rings. The summed E-state index contributed by atoms with van der Waals surface area (Å²) in [7, 11) is 0. The predicted octanol–water partition coefficient (Wildman–Crippen LogP) is 4.26. The minimum Gasteiger partial charge on any atom is -0.481 e. The summed E-state index contributed by atoms with van der Waals surface area (Å²) < 4.78 is 5.56. The molecule has 2 N–H and O–H groups in total. The van der Waals surface area contributed by atoms with Crippen LogP contribution in [0.5, 0.6) is 0 Å². The van der Waals surface area contributed by atoms with Crippen molar-refractivity contribution in [1.82, 2.24) is 10.2 Å². The van der Waals surface area contributed by atoms with Crippen LogP contribution in [0.25, 0.3) is 11.1 Å². The van der Waals surface area contributed by atoms with Crippen LogP contribution in [0, 0.1) is 11.3 Å². The molecule has 1 unspecified atom stereocenters. The van der Waals surface area contributed by atoms with Crippen LogP contribution >= 0.6 is 0 Å². The Labute approximate surface area is 200 Å². The van der Waals surface area contributed by atoms with Crippen LogP contribution in [0.3, 0.4) is 0 Å². The number of amides is 2. The zero-order chi connectivity index (χ0) is 24.3. The standard InChI is InChI=1S/C27H32N2O5/c1-18(15-24(30)29-13-11-27(2,12-14-29)25(31)32)16-28-26(33)34-17-23-21-9-5-3-7-19(21)20-8-4-6-10-22(20)23/h3-10,18,23H,11-17H2,1-2H3,(H,28,33)(H,31,32). The quantitative estimate of drug-likeness (QED) is 0.638. The number of hydrogen-bond acceptors (Lipinski definition) is 4. The maximum absolute atomic E-state index is 12.6. The Hall–Kier alpha value is -3.35. The number of nitrogens with one attached hydrogen (secondary N) is 1. The molecule has 7 nitrogen and oxygen atoms in total. The van der Waals surface area contributed by atoms with E-state index in [1.807, 2.05) is 31.2 Å². The third-order valence-electron chi connectivity index (χ3n) is 7.20. The van der Waals surface area contributed by atoms with E-state index >= 15 is 0 Å². The number of fused-ring (bicyclic) bond motifs is 3. The third kappa shape index (κ3) is 4.93. The first-order valence-corrected chi connectivity index (χ1v) is 11.9. The van der Waals surface area contributed by atoms with Gasteiger partial charge in [-0.05, 0) is 47.9 Å². The normalized spacial score (nSPS) is 17.4. The lowest BCUT2D eigenvalue weighted by Crippen LogP contribution is -2.45. The first kappa shape index (κ1) is 23.8. The molecule has 2 aromatic carbocycles. The highest BCUT2D eigenvalue weighted by Crippen LogP contribution is 2.44. The summed E-state index contributed by atoms with van der Waals surface area (Å²) >= 11 is 0. The summed E-state index contributed by atoms with van der Waals surface area (Å²) in [5, 5.41) is 12.1. The highest BCUT2D eigenvalue weighted by Gasteiger charge is 2.38. The molecule has 0 saturated carbocycles. The summed E-state index contributed by atoms with van der Waals surface area (Å²) in [6.07, 6.45) is 0.727. The van der Waals surface area contributed by atoms with E-state index in [0.717, 1.165) is 11.1 Å². The molecule has 0 bridgehead atoms. The number of rotatable bonds is 7. The van der Waals surface area contributed by atoms with Crippen LogP contribution in [0.4, 0.5) is 4.79 Å². The minimum atomic E-state index is -0.805. The Balaban J connectivity index is 1.23. The number of carboxylic acid groups (broad SMARTS) is 1. The number of carbonyl (C=O) groups excluding carboxylic acids is 2. The van der Waals surface area contributed by atoms with Crippen molar-refractivity contribution < 1.29 is 24.2 Å². The second-order valence-corrected chi connectivity index (χ2v) is 9.76. The van der Waals surface area contributed by atoms with Crippen LogP contribution in [0.1, 0.15) is 50.2 Å². The largest absolute Gasteiger partial charge is 0.481 e. The van der Waals surface area contributed by atoms with Gasteiger partial charge in [-0.15, -0.1) is 0 Å². The van der Waals surface area contributed by atoms with Gasteiger partial charge in [0.05, 0.1) is 5.41 Å². The molecule has 0 spiro atoms. The summed E-state index contributed by atoms with van der Waals surface area (Å²) in [5.74, 6) is -0.858. The lowest BCUT2D eigenvalue weighted by atomic mass is 9.80. The minimum absolute atomic E-state index is 0.00530. The summed E-state index contributed by atoms with van der Waals surface area (Å²) in [6, 6.07) is 16.4. The van der Waals surface area contributed by atoms with Gasteiger partial charge >= 0.3 is 12.1 Å². The molecule has 2 amide bonds. The second kappa shape index (κ2) is 9.87. The zero-order valence-corrected chi connectivity index (χ0v) is 19.8. The fourth-order valence-electron chi connectivity index (χ4n) is 4.87. The van der Waals surface area contributed by atoms with Gasteiger partial charge in [0, 0.05) is 32.0 Å². The van der Waals surface area contributed by atoms with E-state index in [0.29, 0.717) is 38.9 Å². The maximum atomic E-state index is 12.6. The summed E-state index contributed by atoms with van der Waals surface area (Å²) in [6.45, 7) is 5.14. The maximum Gasteiger partial charge on any atom is 0.407 e. The average Bonchev–Trinajstić information content (AvgIpc) is 3.15. The van der Waals surface area contributed by atoms with Crippen molar-refractivity contribution in [3.8, 4) is 11.1 Å². The van der Waals surface area contributed by atoms with E-state index in [4.69, 9.17) is 4.74 Å². The van der Waals surface area contributed by atoms with Crippen molar-refractivity contribution in [2.24, 2.45) is 11.3 Å². The van der Waals surface area contributed by atoms with Gasteiger partial charge in [0.2, 0.25) is 5.91 Å². The lowest BCUT2D eigenvalue weighted by Gasteiger charge is -2.36. The molecule has 180 valence electrons. The van der Waals surface area contributed by atoms with E-state index in [-0.39, 0.29) is 24.3 Å². The fraction of sp³-hybridized carbons (Fsp3) is 0.444. The molecular formula is C27H32N2O5. The second-order valence-electron chi connectivity index (χ2n) is 9.76. The smallest absolute Gasteiger partial charge is 0.407 e. The van der Waals surface area contributed by atoms with Gasteiger partial charge in [0.15, 0.2) is 0 Å². The Morgan fingerprint density at radius 2 is 1.62 bits per heavy atom. The van der Waals surface area contributed by atoms with Crippen LogP contribution < -0.4 is 5.32 Å². The van der Waals surface area contributed by atoms with Gasteiger partial charge in [-0.3, -0.25) is 9.59 Å². The topological polar surface area (TPSA) is 95.9 Å². The number of alkyl carbamates (subject to hydrolysis) is 1. The Morgan fingerprint density at radius 1 is 1.06 bits per heavy atom. The molecule has 1 heterocycles. The third-order valence-corrected chi connectivity index (χ3v) is 7.20. The average molecular weight is 465 g/mol. The zero-order valence-electron chi connectivity index (χ0n) is 19.8. The highest BCUT2D eigenvalue weighted by molar-refractivity contribution is 5.79. The monoisotopic (exact) mass is 464 g/mol. The van der Waals surface area contributed by atoms with Gasteiger partial charge in [-0.1, -0.05) is 55.5 Å². The first-order chi connectivity index (χ1) is 16.3. The molecule has 1 atom stereocenters. The van der Waals surface area contributed by atoms with Gasteiger partial charge < -0.3 is 20.1 Å². The molecular weight excluding hydrogens is 432 g/mol. The SMILES string of the molecule is CC(CNC(=O)OCC1c2ccccc2-c2ccccc21)CC(=O)N1CCC(C)(C(=O)O)CC1. The molecule has 1 aliphatic heterocycles. The number of hydrogen-bond donors (Lipinski definition) is 2. The molecule has 0 radical (unpaired) electrons. The van der Waals surface area contributed by atoms with Gasteiger partial charge in [0.1, 0.15) is 6.61 Å². The molecule has 34 heavy (non-hydrogen) atoms. The number of likely N-dealkylation sites (tertiary alicyclic amines) is 1. The molecule has 2 aromatic rings. The summed E-state index contributed by atoms with van der Waals surface area (Å²) in [4.78, 5) is 38.1. The van der Waals surface area contributed by atoms with Crippen LogP contribution in [-0.4, -0.2) is 54.2 Å². The first-order valence-electron chi connectivity index (χ1n) is 11.9. The van der Waals surface area contributed by atoms with Crippen molar-refractivity contribution in [1.29, 1.82) is 0 Å². The Morgan fingerprint density at radius 3 is 2.18 bits per heavy atom. The van der Waals surface area contributed by atoms with E-state index < -0.39 is 17.5 Å². The molecule has 7 heteroatoms. The molecule has 1 saturated heterocycles. The molecule has 0 aromatic heterocycles. The van der Waals surface area contributed by atoms with E-state index in [1.54, 1.807) is 11.8 Å². The van der Waals surface area contributed by atoms with Crippen LogP contribution in [0.15, 0.2) is 48.5 Å². The highest BCUT2D eigenvalue weighted by atomic mass is 16.5. The van der Waals surface area contributed by atoms with E-state index in [1.165, 1.54) is 11.1 Å². The Kier molecular flexibility index (Phi) is 6.91. The van der Waals surface area contributed by atoms with Crippen molar-refractivity contribution in [3.05, 3.63) is 59.7 Å². The number of nitrogens with zero attached hydrogens (tertiary/aromatic N) is 1. The van der Waals surface area contributed by atoms with Crippen LogP contribution in [0.2, 0.25) is 0 Å². The summed E-state index contributed by atoms with van der Waals surface area (Å²) in [5.41, 5.74) is 3.93. The molecule has 4 rings (SSSR count). The predicted molar refractivity (Wildman–Crippen MR) is 128 cm³/mol. The van der Waals surface area contributed by atoms with E-state index in [9.17, 15) is 19.5 Å². The fourth-order valence-corrected chi connectivity index (χ4v) is 4.87. The number of aliphatic carboxylic acids is 1. The van der Waals surface area contributed by atoms with Gasteiger partial charge in [-0.2, -0.15) is 0 Å². The van der Waals surface area contributed by atoms with Crippen molar-refractivity contribution in [3.63, 3.8) is 0 Å². The number of benzene rings is 2. The van der Waals surface area contributed by atoms with Crippen molar-refractivity contribution in [2.75, 3.05) is 26.2 Å². The van der Waals surface area contributed by atoms with Crippen molar-refractivity contribution >= 4 is 18.0 Å². The Bertz CT molecular complexity index is 1030. The molecule has 1 aliphatic carbocycles. The number of carbonyl (C=O) groups is 3. The number of ether oxygens (including phenoxy) is 1.